The summed E-state index contributed by atoms with van der Waals surface area (Å²) >= 11 is 0. The van der Waals surface area contributed by atoms with Gasteiger partial charge in [-0.3, -0.25) is 0 Å². The molecule has 15 heavy (non-hydrogen) atoms. The van der Waals surface area contributed by atoms with E-state index in [0.717, 1.165) is 17.6 Å². The molecule has 0 aliphatic heterocycles. The van der Waals surface area contributed by atoms with Crippen molar-refractivity contribution >= 4 is 17.1 Å². The quantitative estimate of drug-likeness (QED) is 0.834. The minimum Gasteiger partial charge on any atom is -0.424 e. The van der Waals surface area contributed by atoms with Gasteiger partial charge in [-0.15, -0.1) is 0 Å². The summed E-state index contributed by atoms with van der Waals surface area (Å²) < 4.78 is 5.55. The fraction of sp³-hybridized carbons (Fsp3) is 0.417. The molecule has 0 atom stereocenters. The lowest BCUT2D eigenvalue weighted by molar-refractivity contribution is 0.596. The number of aromatic nitrogens is 1. The highest BCUT2D eigenvalue weighted by molar-refractivity contribution is 5.75. The molecule has 0 saturated carbocycles. The molecule has 2 aromatic rings. The third kappa shape index (κ3) is 2.29. The SMILES string of the molecule is Cc1ccc2oc(NCC(C)C)nc2c1. The number of nitrogens with one attached hydrogen (secondary N) is 1. The number of fused-ring (bicyclic) bond motifs is 1. The van der Waals surface area contributed by atoms with Gasteiger partial charge in [0.05, 0.1) is 0 Å². The first-order valence-corrected chi connectivity index (χ1v) is 5.26. The van der Waals surface area contributed by atoms with Gasteiger partial charge in [0.15, 0.2) is 5.58 Å². The molecular weight excluding hydrogens is 188 g/mol. The van der Waals surface area contributed by atoms with Crippen LogP contribution < -0.4 is 5.32 Å². The van der Waals surface area contributed by atoms with Crippen molar-refractivity contribution in [3.63, 3.8) is 0 Å². The molecule has 80 valence electrons. The van der Waals surface area contributed by atoms with Gasteiger partial charge in [-0.25, -0.2) is 0 Å². The lowest BCUT2D eigenvalue weighted by Crippen LogP contribution is -2.07. The third-order valence-electron chi connectivity index (χ3n) is 2.20. The zero-order valence-corrected chi connectivity index (χ0v) is 9.37. The molecule has 3 nitrogen and oxygen atoms in total. The van der Waals surface area contributed by atoms with Gasteiger partial charge in [0, 0.05) is 6.54 Å². The molecule has 1 heterocycles. The van der Waals surface area contributed by atoms with E-state index in [1.54, 1.807) is 0 Å². The van der Waals surface area contributed by atoms with Gasteiger partial charge in [-0.2, -0.15) is 4.98 Å². The van der Waals surface area contributed by atoms with E-state index in [0.29, 0.717) is 11.9 Å². The largest absolute Gasteiger partial charge is 0.424 e. The molecule has 1 aromatic heterocycles. The molecule has 0 radical (unpaired) electrons. The van der Waals surface area contributed by atoms with Crippen molar-refractivity contribution in [3.05, 3.63) is 23.8 Å². The highest BCUT2D eigenvalue weighted by Crippen LogP contribution is 2.19. The molecule has 0 aliphatic rings. The van der Waals surface area contributed by atoms with E-state index in [2.05, 4.69) is 31.1 Å². The lowest BCUT2D eigenvalue weighted by atomic mass is 10.2. The van der Waals surface area contributed by atoms with Gasteiger partial charge in [0.1, 0.15) is 5.52 Å². The second kappa shape index (κ2) is 3.93. The van der Waals surface area contributed by atoms with Crippen molar-refractivity contribution in [2.45, 2.75) is 20.8 Å². The summed E-state index contributed by atoms with van der Waals surface area (Å²) in [6, 6.07) is 6.63. The Hall–Kier alpha value is -1.51. The van der Waals surface area contributed by atoms with E-state index < -0.39 is 0 Å². The standard InChI is InChI=1S/C12H16N2O/c1-8(2)7-13-12-14-10-6-9(3)4-5-11(10)15-12/h4-6,8H,7H2,1-3H3,(H,13,14). The van der Waals surface area contributed by atoms with Gasteiger partial charge in [-0.05, 0) is 30.5 Å². The first-order valence-electron chi connectivity index (χ1n) is 5.26. The first-order chi connectivity index (χ1) is 7.15. The van der Waals surface area contributed by atoms with Gasteiger partial charge in [0.25, 0.3) is 6.01 Å². The minimum atomic E-state index is 0.585. The topological polar surface area (TPSA) is 38.1 Å². The summed E-state index contributed by atoms with van der Waals surface area (Å²) in [5.41, 5.74) is 2.96. The Morgan fingerprint density at radius 2 is 2.20 bits per heavy atom. The number of anilines is 1. The van der Waals surface area contributed by atoms with Crippen LogP contribution in [0.2, 0.25) is 0 Å². The zero-order chi connectivity index (χ0) is 10.8. The summed E-state index contributed by atoms with van der Waals surface area (Å²) in [7, 11) is 0. The molecule has 0 amide bonds. The van der Waals surface area contributed by atoms with Gasteiger partial charge >= 0.3 is 0 Å². The second-order valence-electron chi connectivity index (χ2n) is 4.26. The number of hydrogen-bond donors (Lipinski definition) is 1. The van der Waals surface area contributed by atoms with Crippen LogP contribution in [0.4, 0.5) is 6.01 Å². The number of rotatable bonds is 3. The van der Waals surface area contributed by atoms with E-state index >= 15 is 0 Å². The van der Waals surface area contributed by atoms with Crippen LogP contribution in [-0.4, -0.2) is 11.5 Å². The lowest BCUT2D eigenvalue weighted by Gasteiger charge is -2.03. The van der Waals surface area contributed by atoms with Crippen LogP contribution in [0.5, 0.6) is 0 Å². The molecular formula is C12H16N2O. The molecule has 0 spiro atoms. The summed E-state index contributed by atoms with van der Waals surface area (Å²) in [6.07, 6.45) is 0. The summed E-state index contributed by atoms with van der Waals surface area (Å²) in [5.74, 6) is 0.585. The number of oxazole rings is 1. The Morgan fingerprint density at radius 3 is 2.93 bits per heavy atom. The van der Waals surface area contributed by atoms with E-state index in [1.807, 2.05) is 18.2 Å². The zero-order valence-electron chi connectivity index (χ0n) is 9.37. The van der Waals surface area contributed by atoms with E-state index in [-0.39, 0.29) is 0 Å². The number of hydrogen-bond acceptors (Lipinski definition) is 3. The highest BCUT2D eigenvalue weighted by atomic mass is 16.4. The monoisotopic (exact) mass is 204 g/mol. The average molecular weight is 204 g/mol. The molecule has 0 unspecified atom stereocenters. The smallest absolute Gasteiger partial charge is 0.295 e. The van der Waals surface area contributed by atoms with Gasteiger partial charge in [0.2, 0.25) is 0 Å². The molecule has 2 rings (SSSR count). The Morgan fingerprint density at radius 1 is 1.40 bits per heavy atom. The van der Waals surface area contributed by atoms with Crippen LogP contribution in [0.25, 0.3) is 11.1 Å². The predicted molar refractivity (Wildman–Crippen MR) is 62.1 cm³/mol. The van der Waals surface area contributed by atoms with E-state index in [4.69, 9.17) is 4.42 Å². The first kappa shape index (κ1) is 10.0. The summed E-state index contributed by atoms with van der Waals surface area (Å²) in [6.45, 7) is 7.24. The fourth-order valence-electron chi connectivity index (χ4n) is 1.40. The van der Waals surface area contributed by atoms with Crippen LogP contribution in [-0.2, 0) is 0 Å². The van der Waals surface area contributed by atoms with Crippen molar-refractivity contribution in [2.75, 3.05) is 11.9 Å². The molecule has 0 bridgehead atoms. The molecule has 0 saturated heterocycles. The molecule has 3 heteroatoms. The van der Waals surface area contributed by atoms with E-state index in [1.165, 1.54) is 5.56 Å². The Kier molecular flexibility index (Phi) is 2.62. The summed E-state index contributed by atoms with van der Waals surface area (Å²) in [4.78, 5) is 4.37. The molecule has 0 fully saturated rings. The number of nitrogens with zero attached hydrogens (tertiary/aromatic N) is 1. The van der Waals surface area contributed by atoms with Crippen LogP contribution in [0.1, 0.15) is 19.4 Å². The van der Waals surface area contributed by atoms with Crippen molar-refractivity contribution in [1.29, 1.82) is 0 Å². The maximum atomic E-state index is 5.55. The maximum Gasteiger partial charge on any atom is 0.295 e. The maximum absolute atomic E-state index is 5.55. The van der Waals surface area contributed by atoms with Crippen LogP contribution in [0.3, 0.4) is 0 Å². The van der Waals surface area contributed by atoms with Crippen LogP contribution >= 0.6 is 0 Å². The second-order valence-corrected chi connectivity index (χ2v) is 4.26. The summed E-state index contributed by atoms with van der Waals surface area (Å²) in [5, 5.41) is 3.18. The highest BCUT2D eigenvalue weighted by Gasteiger charge is 2.05. The molecule has 1 aromatic carbocycles. The van der Waals surface area contributed by atoms with Crippen molar-refractivity contribution in [1.82, 2.24) is 4.98 Å². The normalized spacial score (nSPS) is 11.2. The number of aryl methyl sites for hydroxylation is 1. The van der Waals surface area contributed by atoms with Gasteiger partial charge < -0.3 is 9.73 Å². The molecule has 0 aliphatic carbocycles. The molecule has 1 N–H and O–H groups in total. The average Bonchev–Trinajstić information content (AvgIpc) is 2.56. The van der Waals surface area contributed by atoms with Crippen molar-refractivity contribution in [3.8, 4) is 0 Å². The minimum absolute atomic E-state index is 0.585. The predicted octanol–water partition coefficient (Wildman–Crippen LogP) is 3.20. The fourth-order valence-corrected chi connectivity index (χ4v) is 1.40. The Labute approximate surface area is 89.5 Å². The Balaban J connectivity index is 2.23. The van der Waals surface area contributed by atoms with Gasteiger partial charge in [-0.1, -0.05) is 19.9 Å². The van der Waals surface area contributed by atoms with Crippen LogP contribution in [0, 0.1) is 12.8 Å². The van der Waals surface area contributed by atoms with Crippen LogP contribution in [0.15, 0.2) is 22.6 Å². The van der Waals surface area contributed by atoms with E-state index in [9.17, 15) is 0 Å². The van der Waals surface area contributed by atoms with Crippen molar-refractivity contribution in [2.24, 2.45) is 5.92 Å². The van der Waals surface area contributed by atoms with Crippen molar-refractivity contribution < 1.29 is 4.42 Å². The Bertz CT molecular complexity index is 460. The number of benzene rings is 1. The third-order valence-corrected chi connectivity index (χ3v) is 2.20.